The monoisotopic (exact) mass is 618 g/mol. The topological polar surface area (TPSA) is 54.2 Å². The molecule has 0 aliphatic carbocycles. The van der Waals surface area contributed by atoms with Gasteiger partial charge in [0.25, 0.3) is 0 Å². The molecule has 0 bridgehead atoms. The van der Waals surface area contributed by atoms with Crippen molar-refractivity contribution in [2.24, 2.45) is 0 Å². The number of hydrogen-bond acceptors (Lipinski definition) is 4. The van der Waals surface area contributed by atoms with Crippen molar-refractivity contribution in [1.82, 2.24) is 0 Å². The molecule has 4 heteroatoms. The molecule has 48 heavy (non-hydrogen) atoms. The van der Waals surface area contributed by atoms with Gasteiger partial charge in [-0.15, -0.1) is 0 Å². The third-order valence-corrected chi connectivity index (χ3v) is 8.46. The SMILES string of the molecule is N=Cc1cc(-c2ccc(N(c3ccccc3)c3ccccc3)cc2)c(-c2ccc(N(c3ccccc3)c3ccccc3)cc2)cc1C=N. The first-order valence-corrected chi connectivity index (χ1v) is 15.9. The summed E-state index contributed by atoms with van der Waals surface area (Å²) in [6, 6.07) is 62.7. The van der Waals surface area contributed by atoms with Crippen LogP contribution in [0.2, 0.25) is 0 Å². The molecule has 0 radical (unpaired) electrons. The average molecular weight is 619 g/mol. The average Bonchev–Trinajstić information content (AvgIpc) is 3.17. The fraction of sp³-hybridized carbons (Fsp3) is 0. The van der Waals surface area contributed by atoms with Gasteiger partial charge >= 0.3 is 0 Å². The van der Waals surface area contributed by atoms with E-state index in [4.69, 9.17) is 10.8 Å². The van der Waals surface area contributed by atoms with Gasteiger partial charge in [-0.05, 0) is 107 Å². The Hall–Kier alpha value is -6.52. The second-order valence-corrected chi connectivity index (χ2v) is 11.4. The normalized spacial score (nSPS) is 10.7. The summed E-state index contributed by atoms with van der Waals surface area (Å²) in [6.45, 7) is 0. The van der Waals surface area contributed by atoms with Crippen LogP contribution in [0.5, 0.6) is 0 Å². The fourth-order valence-corrected chi connectivity index (χ4v) is 6.14. The maximum Gasteiger partial charge on any atom is 0.0462 e. The second kappa shape index (κ2) is 13.9. The van der Waals surface area contributed by atoms with E-state index in [0.29, 0.717) is 11.1 Å². The predicted octanol–water partition coefficient (Wildman–Crippen LogP) is 12.0. The molecule has 0 aliphatic rings. The highest BCUT2D eigenvalue weighted by atomic mass is 15.1. The summed E-state index contributed by atoms with van der Waals surface area (Å²) in [5.74, 6) is 0. The van der Waals surface area contributed by atoms with Gasteiger partial charge in [0, 0.05) is 57.7 Å². The molecule has 0 saturated heterocycles. The molecule has 7 aromatic rings. The predicted molar refractivity (Wildman–Crippen MR) is 202 cm³/mol. The molecular weight excluding hydrogens is 585 g/mol. The van der Waals surface area contributed by atoms with Crippen LogP contribution in [0.4, 0.5) is 34.1 Å². The van der Waals surface area contributed by atoms with E-state index in [1.165, 1.54) is 12.4 Å². The van der Waals surface area contributed by atoms with Crippen LogP contribution in [0.15, 0.2) is 182 Å². The summed E-state index contributed by atoms with van der Waals surface area (Å²) in [4.78, 5) is 4.49. The maximum atomic E-state index is 8.10. The molecule has 2 N–H and O–H groups in total. The number of rotatable bonds is 10. The molecule has 0 aromatic heterocycles. The number of hydrogen-bond donors (Lipinski definition) is 2. The van der Waals surface area contributed by atoms with Crippen molar-refractivity contribution in [3.8, 4) is 22.3 Å². The third kappa shape index (κ3) is 6.15. The number of anilines is 6. The molecule has 0 spiro atoms. The number of nitrogens with zero attached hydrogens (tertiary/aromatic N) is 2. The van der Waals surface area contributed by atoms with Crippen molar-refractivity contribution in [2.75, 3.05) is 9.80 Å². The van der Waals surface area contributed by atoms with E-state index in [1.807, 2.05) is 36.4 Å². The van der Waals surface area contributed by atoms with Crippen LogP contribution >= 0.6 is 0 Å². The zero-order valence-corrected chi connectivity index (χ0v) is 26.4. The first-order chi connectivity index (χ1) is 23.7. The Morgan fingerprint density at radius 2 is 0.562 bits per heavy atom. The van der Waals surface area contributed by atoms with E-state index < -0.39 is 0 Å². The van der Waals surface area contributed by atoms with Crippen LogP contribution in [0.25, 0.3) is 22.3 Å². The minimum Gasteiger partial charge on any atom is -0.311 e. The molecule has 4 nitrogen and oxygen atoms in total. The molecule has 0 heterocycles. The quantitative estimate of drug-likeness (QED) is 0.150. The van der Waals surface area contributed by atoms with Crippen molar-refractivity contribution < 1.29 is 0 Å². The summed E-state index contributed by atoms with van der Waals surface area (Å²) in [5.41, 5.74) is 11.9. The van der Waals surface area contributed by atoms with Gasteiger partial charge in [-0.2, -0.15) is 0 Å². The summed E-state index contributed by atoms with van der Waals surface area (Å²) in [5, 5.41) is 16.2. The fourth-order valence-electron chi connectivity index (χ4n) is 6.14. The molecule has 0 atom stereocenters. The van der Waals surface area contributed by atoms with Gasteiger partial charge in [0.2, 0.25) is 0 Å². The lowest BCUT2D eigenvalue weighted by molar-refractivity contribution is 1.28. The molecule has 0 unspecified atom stereocenters. The van der Waals surface area contributed by atoms with Crippen molar-refractivity contribution in [3.63, 3.8) is 0 Å². The lowest BCUT2D eigenvalue weighted by Crippen LogP contribution is -2.09. The van der Waals surface area contributed by atoms with Crippen molar-refractivity contribution in [2.45, 2.75) is 0 Å². The highest BCUT2D eigenvalue weighted by Gasteiger charge is 2.17. The van der Waals surface area contributed by atoms with E-state index in [1.54, 1.807) is 0 Å². The van der Waals surface area contributed by atoms with Gasteiger partial charge in [0.05, 0.1) is 0 Å². The first kappa shape index (κ1) is 30.2. The van der Waals surface area contributed by atoms with Gasteiger partial charge < -0.3 is 20.6 Å². The summed E-state index contributed by atoms with van der Waals surface area (Å²) >= 11 is 0. The van der Waals surface area contributed by atoms with Gasteiger partial charge in [0.1, 0.15) is 0 Å². The molecule has 230 valence electrons. The highest BCUT2D eigenvalue weighted by Crippen LogP contribution is 2.40. The van der Waals surface area contributed by atoms with Gasteiger partial charge in [-0.1, -0.05) is 97.1 Å². The Kier molecular flexibility index (Phi) is 8.70. The lowest BCUT2D eigenvalue weighted by Gasteiger charge is -2.26. The molecule has 0 saturated carbocycles. The number of para-hydroxylation sites is 4. The van der Waals surface area contributed by atoms with Crippen LogP contribution in [-0.2, 0) is 0 Å². The second-order valence-electron chi connectivity index (χ2n) is 11.4. The standard InChI is InChI=1S/C44H34N4/c45-31-35-29-43(33-21-25-41(26-22-33)47(37-13-5-1-6-14-37)38-15-7-2-8-16-38)44(30-36(35)32-46)34-23-27-42(28-24-34)48(39-17-9-3-10-18-39)40-19-11-4-12-20-40/h1-32,45-46H. The lowest BCUT2D eigenvalue weighted by atomic mass is 9.90. The van der Waals surface area contributed by atoms with Crippen LogP contribution < -0.4 is 9.80 Å². The molecule has 0 amide bonds. The van der Waals surface area contributed by atoms with Crippen molar-refractivity contribution in [1.29, 1.82) is 10.8 Å². The Bertz CT molecular complexity index is 1890. The van der Waals surface area contributed by atoms with Crippen molar-refractivity contribution in [3.05, 3.63) is 193 Å². The Morgan fingerprint density at radius 3 is 0.812 bits per heavy atom. The van der Waals surface area contributed by atoms with Crippen molar-refractivity contribution >= 4 is 46.6 Å². The molecule has 0 aliphatic heterocycles. The Labute approximate surface area is 281 Å². The van der Waals surface area contributed by atoms with E-state index >= 15 is 0 Å². The van der Waals surface area contributed by atoms with Crippen LogP contribution in [0.3, 0.4) is 0 Å². The molecule has 7 rings (SSSR count). The van der Waals surface area contributed by atoms with Gasteiger partial charge in [0.15, 0.2) is 0 Å². The molecule has 0 fully saturated rings. The van der Waals surface area contributed by atoms with E-state index in [0.717, 1.165) is 56.4 Å². The minimum atomic E-state index is 0.707. The van der Waals surface area contributed by atoms with Crippen LogP contribution in [-0.4, -0.2) is 12.4 Å². The summed E-state index contributed by atoms with van der Waals surface area (Å²) in [7, 11) is 0. The molecular formula is C44H34N4. The summed E-state index contributed by atoms with van der Waals surface area (Å²) < 4.78 is 0. The van der Waals surface area contributed by atoms with Crippen LogP contribution in [0, 0.1) is 10.8 Å². The number of nitrogens with one attached hydrogen (secondary N) is 2. The van der Waals surface area contributed by atoms with Gasteiger partial charge in [-0.25, -0.2) is 0 Å². The molecule has 7 aromatic carbocycles. The Balaban J connectivity index is 1.30. The zero-order chi connectivity index (χ0) is 32.7. The van der Waals surface area contributed by atoms with E-state index in [2.05, 4.69) is 155 Å². The third-order valence-electron chi connectivity index (χ3n) is 8.46. The highest BCUT2D eigenvalue weighted by molar-refractivity contribution is 5.98. The van der Waals surface area contributed by atoms with E-state index in [9.17, 15) is 0 Å². The smallest absolute Gasteiger partial charge is 0.0462 e. The van der Waals surface area contributed by atoms with Gasteiger partial charge in [-0.3, -0.25) is 0 Å². The number of benzene rings is 7. The zero-order valence-electron chi connectivity index (χ0n) is 26.4. The Morgan fingerprint density at radius 1 is 0.312 bits per heavy atom. The largest absolute Gasteiger partial charge is 0.311 e. The maximum absolute atomic E-state index is 8.10. The van der Waals surface area contributed by atoms with Crippen LogP contribution in [0.1, 0.15) is 11.1 Å². The first-order valence-electron chi connectivity index (χ1n) is 15.9. The summed E-state index contributed by atoms with van der Waals surface area (Å²) in [6.07, 6.45) is 2.66. The minimum absolute atomic E-state index is 0.707. The van der Waals surface area contributed by atoms with E-state index in [-0.39, 0.29) is 0 Å².